The second-order valence-corrected chi connectivity index (χ2v) is 8.59. The van der Waals surface area contributed by atoms with Gasteiger partial charge in [0.25, 0.3) is 6.02 Å². The van der Waals surface area contributed by atoms with Crippen molar-refractivity contribution < 1.29 is 18.7 Å². The Morgan fingerprint density at radius 3 is 2.66 bits per heavy atom. The summed E-state index contributed by atoms with van der Waals surface area (Å²) in [5.41, 5.74) is 6.70. The highest BCUT2D eigenvalue weighted by atomic mass is 19.1. The molecule has 1 saturated carbocycles. The Balaban J connectivity index is 1.55. The van der Waals surface area contributed by atoms with Gasteiger partial charge in [0.15, 0.2) is 5.78 Å². The van der Waals surface area contributed by atoms with Crippen LogP contribution in [0.25, 0.3) is 0 Å². The lowest BCUT2D eigenvalue weighted by Crippen LogP contribution is -2.55. The molecule has 0 amide bonds. The molecular weight excluding hydrogens is 373 g/mol. The number of ether oxygens (including phenoxy) is 2. The molecule has 1 aromatic carbocycles. The van der Waals surface area contributed by atoms with Crippen molar-refractivity contribution >= 4 is 11.8 Å². The van der Waals surface area contributed by atoms with E-state index in [1.54, 1.807) is 0 Å². The molecule has 2 spiro atoms. The number of aliphatic imine (C=N–C) groups is 1. The average Bonchev–Trinajstić information content (AvgIpc) is 3.41. The molecule has 2 N–H and O–H groups in total. The molecule has 0 saturated heterocycles. The van der Waals surface area contributed by atoms with E-state index in [1.807, 2.05) is 18.2 Å². The van der Waals surface area contributed by atoms with E-state index in [4.69, 9.17) is 20.2 Å². The number of hydrogen-bond donors (Lipinski definition) is 1. The quantitative estimate of drug-likeness (QED) is 0.807. The predicted molar refractivity (Wildman–Crippen MR) is 104 cm³/mol. The lowest BCUT2D eigenvalue weighted by Gasteiger charge is -2.49. The molecule has 7 heteroatoms. The van der Waals surface area contributed by atoms with E-state index in [2.05, 4.69) is 18.8 Å². The third kappa shape index (κ3) is 2.49. The fourth-order valence-electron chi connectivity index (χ4n) is 5.00. The molecule has 1 atom stereocenters. The maximum atomic E-state index is 13.1. The molecule has 5 rings (SSSR count). The molecular formula is C22H22FN3O3. The molecule has 1 fully saturated rings. The summed E-state index contributed by atoms with van der Waals surface area (Å²) in [5.74, 6) is 0.0945. The van der Waals surface area contributed by atoms with Crippen molar-refractivity contribution in [2.24, 2.45) is 16.1 Å². The van der Waals surface area contributed by atoms with Gasteiger partial charge < -0.3 is 15.2 Å². The number of carbonyl (C=O) groups excluding carboxylic acids is 1. The van der Waals surface area contributed by atoms with Gasteiger partial charge in [0.1, 0.15) is 35.0 Å². The molecule has 2 aromatic rings. The summed E-state index contributed by atoms with van der Waals surface area (Å²) in [6, 6.07) is 8.56. The van der Waals surface area contributed by atoms with Crippen LogP contribution in [-0.2, 0) is 16.7 Å². The summed E-state index contributed by atoms with van der Waals surface area (Å²) in [7, 11) is 0. The Kier molecular flexibility index (Phi) is 3.61. The van der Waals surface area contributed by atoms with Crippen LogP contribution >= 0.6 is 0 Å². The van der Waals surface area contributed by atoms with Crippen molar-refractivity contribution in [1.82, 2.24) is 4.98 Å². The van der Waals surface area contributed by atoms with E-state index in [-0.39, 0.29) is 29.3 Å². The highest BCUT2D eigenvalue weighted by Gasteiger charge is 2.73. The van der Waals surface area contributed by atoms with Crippen LogP contribution in [0.3, 0.4) is 0 Å². The molecule has 3 aliphatic rings. The van der Waals surface area contributed by atoms with Gasteiger partial charge in [0.2, 0.25) is 0 Å². The number of benzene rings is 1. The fourth-order valence-corrected chi connectivity index (χ4v) is 5.00. The van der Waals surface area contributed by atoms with E-state index >= 15 is 0 Å². The Bertz CT molecular complexity index is 1040. The van der Waals surface area contributed by atoms with Crippen LogP contribution in [0.4, 0.5) is 4.39 Å². The summed E-state index contributed by atoms with van der Waals surface area (Å²) in [6.07, 6.45) is 3.15. The second kappa shape index (κ2) is 5.78. The van der Waals surface area contributed by atoms with E-state index < -0.39 is 17.0 Å². The highest BCUT2D eigenvalue weighted by molar-refractivity contribution is 5.95. The summed E-state index contributed by atoms with van der Waals surface area (Å²) in [4.78, 5) is 21.3. The van der Waals surface area contributed by atoms with Crippen LogP contribution in [0.5, 0.6) is 5.75 Å². The second-order valence-electron chi connectivity index (χ2n) is 8.59. The molecule has 150 valence electrons. The lowest BCUT2D eigenvalue weighted by molar-refractivity contribution is -0.0478. The van der Waals surface area contributed by atoms with E-state index in [0.29, 0.717) is 6.61 Å². The van der Waals surface area contributed by atoms with Gasteiger partial charge in [-0.3, -0.25) is 9.78 Å². The van der Waals surface area contributed by atoms with E-state index in [9.17, 15) is 9.18 Å². The molecule has 2 aliphatic heterocycles. The number of rotatable bonds is 3. The first-order valence-electron chi connectivity index (χ1n) is 9.72. The van der Waals surface area contributed by atoms with Gasteiger partial charge >= 0.3 is 0 Å². The van der Waals surface area contributed by atoms with Gasteiger partial charge in [-0.15, -0.1) is 0 Å². The zero-order valence-electron chi connectivity index (χ0n) is 16.4. The Hall–Kier alpha value is -2.96. The number of pyridine rings is 1. The number of ketones is 1. The molecule has 0 radical (unpaired) electrons. The van der Waals surface area contributed by atoms with E-state index in [1.165, 1.54) is 12.1 Å². The van der Waals surface area contributed by atoms with Crippen LogP contribution in [0, 0.1) is 11.2 Å². The number of fused-ring (bicyclic) bond motifs is 3. The molecule has 0 unspecified atom stereocenters. The molecule has 1 aliphatic carbocycles. The zero-order chi connectivity index (χ0) is 20.4. The minimum absolute atomic E-state index is 0.151. The summed E-state index contributed by atoms with van der Waals surface area (Å²) < 4.78 is 25.1. The monoisotopic (exact) mass is 395 g/mol. The van der Waals surface area contributed by atoms with Gasteiger partial charge in [-0.25, -0.2) is 9.38 Å². The largest absolute Gasteiger partial charge is 0.487 e. The van der Waals surface area contributed by atoms with Crippen LogP contribution in [0.15, 0.2) is 41.5 Å². The standard InChI is InChI=1S/C22H22FN3O3/c1-20(2)21(7-8-21)22(12-28-19(24)26-22)15-9-13(3-6-18(15)29-20)10-17(27)16-5-4-14(23)11-25-16/h3-6,9,11H,7-8,10,12H2,1-2H3,(H2,24,26)/t22-/m0/s1. The summed E-state index contributed by atoms with van der Waals surface area (Å²) in [6.45, 7) is 4.55. The summed E-state index contributed by atoms with van der Waals surface area (Å²) >= 11 is 0. The first-order chi connectivity index (χ1) is 13.8. The topological polar surface area (TPSA) is 86.8 Å². The third-order valence-corrected chi connectivity index (χ3v) is 6.66. The van der Waals surface area contributed by atoms with Crippen molar-refractivity contribution in [3.8, 4) is 5.75 Å². The molecule has 6 nitrogen and oxygen atoms in total. The average molecular weight is 395 g/mol. The third-order valence-electron chi connectivity index (χ3n) is 6.66. The van der Waals surface area contributed by atoms with Crippen LogP contribution < -0.4 is 10.5 Å². The predicted octanol–water partition coefficient (Wildman–Crippen LogP) is 3.14. The normalized spacial score (nSPS) is 25.1. The van der Waals surface area contributed by atoms with Gasteiger partial charge in [-0.2, -0.15) is 0 Å². The smallest absolute Gasteiger partial charge is 0.283 e. The van der Waals surface area contributed by atoms with Gasteiger partial charge in [-0.05, 0) is 56.5 Å². The number of aromatic nitrogens is 1. The Morgan fingerprint density at radius 1 is 1.24 bits per heavy atom. The summed E-state index contributed by atoms with van der Waals surface area (Å²) in [5, 5.41) is 0. The molecule has 0 bridgehead atoms. The highest BCUT2D eigenvalue weighted by Crippen LogP contribution is 2.71. The number of amidine groups is 1. The number of Topliss-reactive ketones (excluding diaryl/α,β-unsaturated/α-hetero) is 1. The first kappa shape index (κ1) is 18.1. The lowest BCUT2D eigenvalue weighted by atomic mass is 9.65. The van der Waals surface area contributed by atoms with Crippen LogP contribution in [0.2, 0.25) is 0 Å². The zero-order valence-corrected chi connectivity index (χ0v) is 16.4. The van der Waals surface area contributed by atoms with Crippen molar-refractivity contribution in [1.29, 1.82) is 0 Å². The Morgan fingerprint density at radius 2 is 2.03 bits per heavy atom. The maximum Gasteiger partial charge on any atom is 0.283 e. The van der Waals surface area contributed by atoms with Gasteiger partial charge in [-0.1, -0.05) is 6.07 Å². The first-order valence-corrected chi connectivity index (χ1v) is 9.72. The van der Waals surface area contributed by atoms with Crippen LogP contribution in [0.1, 0.15) is 48.3 Å². The number of nitrogens with zero attached hydrogens (tertiary/aromatic N) is 2. The molecule has 3 heterocycles. The number of hydrogen-bond acceptors (Lipinski definition) is 6. The molecule has 29 heavy (non-hydrogen) atoms. The van der Waals surface area contributed by atoms with Crippen molar-refractivity contribution in [3.63, 3.8) is 0 Å². The maximum absolute atomic E-state index is 13.1. The van der Waals surface area contributed by atoms with E-state index in [0.717, 1.165) is 35.9 Å². The number of halogens is 1. The SMILES string of the molecule is CC1(C)Oc2ccc(CC(=O)c3ccc(F)cn3)cc2[C@@]2(COC(N)=N2)C12CC2. The van der Waals surface area contributed by atoms with Crippen LogP contribution in [-0.4, -0.2) is 29.0 Å². The van der Waals surface area contributed by atoms with Crippen molar-refractivity contribution in [2.75, 3.05) is 6.61 Å². The minimum atomic E-state index is -0.610. The van der Waals surface area contributed by atoms with Gasteiger partial charge in [0.05, 0.1) is 6.20 Å². The number of carbonyl (C=O) groups is 1. The van der Waals surface area contributed by atoms with Gasteiger partial charge in [0, 0.05) is 17.4 Å². The van der Waals surface area contributed by atoms with Crippen molar-refractivity contribution in [2.45, 2.75) is 44.2 Å². The van der Waals surface area contributed by atoms with Crippen molar-refractivity contribution in [3.05, 3.63) is 59.2 Å². The molecule has 1 aromatic heterocycles. The minimum Gasteiger partial charge on any atom is -0.487 e. The fraction of sp³-hybridized carbons (Fsp3) is 0.409. The Labute approximate surface area is 167 Å². The number of nitrogens with two attached hydrogens (primary N) is 1.